The molecule has 0 radical (unpaired) electrons. The van der Waals surface area contributed by atoms with E-state index in [-0.39, 0.29) is 18.4 Å². The predicted octanol–water partition coefficient (Wildman–Crippen LogP) is 0.653. The van der Waals surface area contributed by atoms with Gasteiger partial charge in [-0.2, -0.15) is 0 Å². The summed E-state index contributed by atoms with van der Waals surface area (Å²) in [4.78, 5) is 36.1. The van der Waals surface area contributed by atoms with Crippen LogP contribution in [0.4, 0.5) is 4.79 Å². The van der Waals surface area contributed by atoms with E-state index < -0.39 is 18.0 Å². The van der Waals surface area contributed by atoms with Gasteiger partial charge in [-0.1, -0.05) is 20.8 Å². The Morgan fingerprint density at radius 2 is 1.95 bits per heavy atom. The van der Waals surface area contributed by atoms with Crippen LogP contribution in [0, 0.1) is 11.8 Å². The molecule has 0 saturated carbocycles. The fourth-order valence-electron chi connectivity index (χ4n) is 2.26. The van der Waals surface area contributed by atoms with Crippen molar-refractivity contribution >= 4 is 17.9 Å². The molecule has 0 spiro atoms. The van der Waals surface area contributed by atoms with Crippen LogP contribution in [-0.4, -0.2) is 53.6 Å². The molecule has 2 unspecified atom stereocenters. The van der Waals surface area contributed by atoms with Crippen LogP contribution in [0.25, 0.3) is 0 Å². The molecule has 0 aromatic heterocycles. The maximum Gasteiger partial charge on any atom is 0.326 e. The third-order valence-corrected chi connectivity index (χ3v) is 3.52. The van der Waals surface area contributed by atoms with Crippen molar-refractivity contribution in [3.8, 4) is 0 Å². The van der Waals surface area contributed by atoms with Gasteiger partial charge in [0.15, 0.2) is 0 Å². The minimum atomic E-state index is -0.999. The Hall–Kier alpha value is -1.79. The van der Waals surface area contributed by atoms with Gasteiger partial charge in [0.05, 0.1) is 6.54 Å². The lowest BCUT2D eigenvalue weighted by atomic mass is 9.93. The molecule has 7 heteroatoms. The van der Waals surface area contributed by atoms with Crippen molar-refractivity contribution in [2.45, 2.75) is 39.7 Å². The minimum absolute atomic E-state index is 0.135. The molecule has 120 valence electrons. The number of carboxylic acids is 1. The smallest absolute Gasteiger partial charge is 0.326 e. The summed E-state index contributed by atoms with van der Waals surface area (Å²) in [6.07, 6.45) is 1.22. The van der Waals surface area contributed by atoms with Crippen molar-refractivity contribution in [2.75, 3.05) is 19.6 Å². The van der Waals surface area contributed by atoms with Gasteiger partial charge in [-0.25, -0.2) is 9.59 Å². The summed E-state index contributed by atoms with van der Waals surface area (Å²) >= 11 is 0. The molecule has 1 aliphatic rings. The number of carbonyl (C=O) groups excluding carboxylic acids is 2. The maximum absolute atomic E-state index is 12.0. The Morgan fingerprint density at radius 1 is 1.29 bits per heavy atom. The number of likely N-dealkylation sites (tertiary alicyclic amines) is 1. The van der Waals surface area contributed by atoms with Gasteiger partial charge in [0.2, 0.25) is 5.91 Å². The normalized spacial score (nSPS) is 22.0. The van der Waals surface area contributed by atoms with Crippen LogP contribution in [0.3, 0.4) is 0 Å². The van der Waals surface area contributed by atoms with E-state index in [1.165, 1.54) is 4.90 Å². The average Bonchev–Trinajstić information content (AvgIpc) is 2.42. The van der Waals surface area contributed by atoms with Crippen LogP contribution < -0.4 is 10.6 Å². The van der Waals surface area contributed by atoms with Crippen LogP contribution >= 0.6 is 0 Å². The van der Waals surface area contributed by atoms with E-state index in [4.69, 9.17) is 0 Å². The number of amides is 3. The van der Waals surface area contributed by atoms with Gasteiger partial charge in [-0.3, -0.25) is 4.79 Å². The number of piperidine rings is 1. The van der Waals surface area contributed by atoms with Crippen molar-refractivity contribution < 1.29 is 19.5 Å². The second-order valence-corrected chi connectivity index (χ2v) is 6.03. The maximum atomic E-state index is 12.0. The highest BCUT2D eigenvalue weighted by Crippen LogP contribution is 2.22. The molecule has 0 aromatic carbocycles. The Balaban J connectivity index is 2.46. The molecule has 1 aliphatic heterocycles. The van der Waals surface area contributed by atoms with Crippen LogP contribution in [0.15, 0.2) is 0 Å². The van der Waals surface area contributed by atoms with Gasteiger partial charge in [-0.05, 0) is 24.7 Å². The van der Waals surface area contributed by atoms with E-state index in [0.29, 0.717) is 25.4 Å². The SMILES string of the molecule is CC(C)CNC(=O)CNC(=O)N1CCC(C)CC1C(=O)O. The second-order valence-electron chi connectivity index (χ2n) is 6.03. The number of nitrogens with one attached hydrogen (secondary N) is 2. The first-order chi connectivity index (χ1) is 9.81. The molecule has 21 heavy (non-hydrogen) atoms. The van der Waals surface area contributed by atoms with E-state index in [9.17, 15) is 19.5 Å². The van der Waals surface area contributed by atoms with Crippen LogP contribution in [0.1, 0.15) is 33.6 Å². The average molecular weight is 299 g/mol. The van der Waals surface area contributed by atoms with Gasteiger partial charge in [-0.15, -0.1) is 0 Å². The number of hydrogen-bond acceptors (Lipinski definition) is 3. The van der Waals surface area contributed by atoms with Crippen molar-refractivity contribution in [1.82, 2.24) is 15.5 Å². The fourth-order valence-corrected chi connectivity index (χ4v) is 2.26. The first-order valence-corrected chi connectivity index (χ1v) is 7.35. The lowest BCUT2D eigenvalue weighted by molar-refractivity contribution is -0.143. The molecular formula is C14H25N3O4. The van der Waals surface area contributed by atoms with Crippen molar-refractivity contribution in [1.29, 1.82) is 0 Å². The zero-order valence-corrected chi connectivity index (χ0v) is 12.9. The zero-order valence-electron chi connectivity index (χ0n) is 12.9. The Kier molecular flexibility index (Phi) is 6.45. The minimum Gasteiger partial charge on any atom is -0.480 e. The standard InChI is InChI=1S/C14H25N3O4/c1-9(2)7-15-12(18)8-16-14(21)17-5-4-10(3)6-11(17)13(19)20/h9-11H,4-8H2,1-3H3,(H,15,18)(H,16,21)(H,19,20). The highest BCUT2D eigenvalue weighted by Gasteiger charge is 2.34. The topological polar surface area (TPSA) is 98.7 Å². The molecule has 0 aliphatic carbocycles. The summed E-state index contributed by atoms with van der Waals surface area (Å²) in [5.74, 6) is -0.649. The largest absolute Gasteiger partial charge is 0.480 e. The molecule has 3 N–H and O–H groups in total. The summed E-state index contributed by atoms with van der Waals surface area (Å²) in [6, 6.07) is -1.30. The molecule has 7 nitrogen and oxygen atoms in total. The number of carbonyl (C=O) groups is 3. The van der Waals surface area contributed by atoms with Gasteiger partial charge in [0.1, 0.15) is 6.04 Å². The number of nitrogens with zero attached hydrogens (tertiary/aromatic N) is 1. The van der Waals surface area contributed by atoms with Crippen molar-refractivity contribution in [3.05, 3.63) is 0 Å². The molecule has 1 rings (SSSR count). The van der Waals surface area contributed by atoms with E-state index in [1.807, 2.05) is 20.8 Å². The summed E-state index contributed by atoms with van der Waals surface area (Å²) in [7, 11) is 0. The number of rotatable bonds is 5. The highest BCUT2D eigenvalue weighted by molar-refractivity contribution is 5.86. The molecule has 2 atom stereocenters. The van der Waals surface area contributed by atoms with E-state index in [2.05, 4.69) is 10.6 Å². The number of hydrogen-bond donors (Lipinski definition) is 3. The van der Waals surface area contributed by atoms with Crippen LogP contribution in [0.2, 0.25) is 0 Å². The van der Waals surface area contributed by atoms with E-state index >= 15 is 0 Å². The molecular weight excluding hydrogens is 274 g/mol. The van der Waals surface area contributed by atoms with Gasteiger partial charge in [0, 0.05) is 13.1 Å². The first kappa shape index (κ1) is 17.3. The quantitative estimate of drug-likeness (QED) is 0.694. The molecule has 1 heterocycles. The third-order valence-electron chi connectivity index (χ3n) is 3.52. The summed E-state index contributed by atoms with van der Waals surface area (Å²) in [6.45, 7) is 6.75. The van der Waals surface area contributed by atoms with Crippen molar-refractivity contribution in [2.24, 2.45) is 11.8 Å². The Morgan fingerprint density at radius 3 is 2.52 bits per heavy atom. The summed E-state index contributed by atoms with van der Waals surface area (Å²) in [5.41, 5.74) is 0. The molecule has 0 bridgehead atoms. The lowest BCUT2D eigenvalue weighted by Crippen LogP contribution is -2.54. The highest BCUT2D eigenvalue weighted by atomic mass is 16.4. The first-order valence-electron chi connectivity index (χ1n) is 7.35. The Bertz CT molecular complexity index is 398. The van der Waals surface area contributed by atoms with E-state index in [1.54, 1.807) is 0 Å². The number of carboxylic acid groups (broad SMARTS) is 1. The van der Waals surface area contributed by atoms with Gasteiger partial charge in [0.25, 0.3) is 0 Å². The number of urea groups is 1. The van der Waals surface area contributed by atoms with Gasteiger partial charge < -0.3 is 20.6 Å². The van der Waals surface area contributed by atoms with E-state index in [0.717, 1.165) is 6.42 Å². The predicted molar refractivity (Wildman–Crippen MR) is 77.8 cm³/mol. The number of aliphatic carboxylic acids is 1. The summed E-state index contributed by atoms with van der Waals surface area (Å²) < 4.78 is 0. The molecule has 0 aromatic rings. The zero-order chi connectivity index (χ0) is 16.0. The summed E-state index contributed by atoms with van der Waals surface area (Å²) in [5, 5.41) is 14.4. The second kappa shape index (κ2) is 7.85. The Labute approximate surface area is 125 Å². The molecule has 3 amide bonds. The van der Waals surface area contributed by atoms with Crippen LogP contribution in [0.5, 0.6) is 0 Å². The van der Waals surface area contributed by atoms with Gasteiger partial charge >= 0.3 is 12.0 Å². The fraction of sp³-hybridized carbons (Fsp3) is 0.786. The monoisotopic (exact) mass is 299 g/mol. The molecule has 1 fully saturated rings. The lowest BCUT2D eigenvalue weighted by Gasteiger charge is -2.35. The van der Waals surface area contributed by atoms with Crippen LogP contribution in [-0.2, 0) is 9.59 Å². The molecule has 1 saturated heterocycles. The van der Waals surface area contributed by atoms with Crippen molar-refractivity contribution in [3.63, 3.8) is 0 Å². The third kappa shape index (κ3) is 5.61.